The van der Waals surface area contributed by atoms with E-state index in [-0.39, 0.29) is 24.1 Å². The van der Waals surface area contributed by atoms with Gasteiger partial charge in [0.2, 0.25) is 0 Å². The van der Waals surface area contributed by atoms with Gasteiger partial charge < -0.3 is 15.7 Å². The minimum atomic E-state index is -0.357. The van der Waals surface area contributed by atoms with E-state index in [2.05, 4.69) is 26.8 Å². The largest absolute Gasteiger partial charge is 0.393 e. The van der Waals surface area contributed by atoms with E-state index in [1.165, 1.54) is 6.20 Å². The molecule has 0 aliphatic heterocycles. The summed E-state index contributed by atoms with van der Waals surface area (Å²) in [5, 5.41) is 29.7. The number of carbonyl (C=O) groups excluding carboxylic acids is 1. The molecule has 1 saturated carbocycles. The Hall–Kier alpha value is -3.44. The minimum Gasteiger partial charge on any atom is -0.393 e. The number of nitrogens with zero attached hydrogens (tertiary/aromatic N) is 4. The molecule has 0 aromatic carbocycles. The smallest absolute Gasteiger partial charge is 0.255 e. The molecule has 0 bridgehead atoms. The Labute approximate surface area is 180 Å². The summed E-state index contributed by atoms with van der Waals surface area (Å²) in [5.41, 5.74) is 3.90. The van der Waals surface area contributed by atoms with E-state index in [1.54, 1.807) is 16.8 Å². The summed E-state index contributed by atoms with van der Waals surface area (Å²) in [7, 11) is 0. The molecule has 3 aromatic rings. The van der Waals surface area contributed by atoms with Crippen LogP contribution < -0.4 is 10.6 Å². The van der Waals surface area contributed by atoms with Gasteiger partial charge in [0.1, 0.15) is 6.07 Å². The molecule has 0 saturated heterocycles. The number of aliphatic hydroxyl groups is 1. The van der Waals surface area contributed by atoms with E-state index in [1.807, 2.05) is 32.0 Å². The summed E-state index contributed by atoms with van der Waals surface area (Å²) in [4.78, 5) is 17.5. The van der Waals surface area contributed by atoms with Gasteiger partial charge in [-0.1, -0.05) is 0 Å². The summed E-state index contributed by atoms with van der Waals surface area (Å²) >= 11 is 0. The van der Waals surface area contributed by atoms with Gasteiger partial charge in [0.15, 0.2) is 0 Å². The predicted octanol–water partition coefficient (Wildman–Crippen LogP) is 3.12. The number of anilines is 1. The number of nitrogens with one attached hydrogen (secondary N) is 2. The van der Waals surface area contributed by atoms with Crippen LogP contribution in [0.1, 0.15) is 55.5 Å². The van der Waals surface area contributed by atoms with E-state index < -0.39 is 0 Å². The van der Waals surface area contributed by atoms with Crippen LogP contribution in [0.5, 0.6) is 0 Å². The number of aromatic nitrogens is 3. The van der Waals surface area contributed by atoms with Crippen LogP contribution in [0.2, 0.25) is 0 Å². The lowest BCUT2D eigenvalue weighted by atomic mass is 9.93. The summed E-state index contributed by atoms with van der Waals surface area (Å²) in [6, 6.07) is 9.59. The van der Waals surface area contributed by atoms with Gasteiger partial charge in [-0.2, -0.15) is 10.4 Å². The maximum Gasteiger partial charge on any atom is 0.255 e. The van der Waals surface area contributed by atoms with Gasteiger partial charge in [-0.15, -0.1) is 0 Å². The second-order valence-corrected chi connectivity index (χ2v) is 8.32. The Balaban J connectivity index is 1.66. The number of hydrogen-bond donors (Lipinski definition) is 3. The first-order chi connectivity index (χ1) is 14.9. The molecule has 4 rings (SSSR count). The van der Waals surface area contributed by atoms with Gasteiger partial charge in [0.05, 0.1) is 46.0 Å². The van der Waals surface area contributed by atoms with Crippen LogP contribution in [0.3, 0.4) is 0 Å². The number of pyridine rings is 1. The zero-order valence-electron chi connectivity index (χ0n) is 17.7. The first kappa shape index (κ1) is 20.8. The molecule has 3 N–H and O–H groups in total. The Morgan fingerprint density at radius 2 is 2.13 bits per heavy atom. The quantitative estimate of drug-likeness (QED) is 0.586. The lowest BCUT2D eigenvalue weighted by Gasteiger charge is -2.27. The van der Waals surface area contributed by atoms with Crippen LogP contribution in [0.25, 0.3) is 16.9 Å². The first-order valence-corrected chi connectivity index (χ1v) is 10.6. The molecule has 3 aromatic heterocycles. The molecular weight excluding hydrogens is 392 g/mol. The fourth-order valence-electron chi connectivity index (χ4n) is 4.02. The Morgan fingerprint density at radius 1 is 1.29 bits per heavy atom. The van der Waals surface area contributed by atoms with Crippen LogP contribution in [0, 0.1) is 11.3 Å². The Morgan fingerprint density at radius 3 is 2.87 bits per heavy atom. The van der Waals surface area contributed by atoms with Crippen molar-refractivity contribution in [2.24, 2.45) is 0 Å². The number of hydrogen-bond acceptors (Lipinski definition) is 6. The zero-order valence-corrected chi connectivity index (χ0v) is 17.7. The fourth-order valence-corrected chi connectivity index (χ4v) is 4.02. The van der Waals surface area contributed by atoms with Crippen LogP contribution in [0.4, 0.5) is 5.69 Å². The maximum atomic E-state index is 13.0. The molecule has 1 amide bonds. The highest BCUT2D eigenvalue weighted by molar-refractivity contribution is 6.00. The van der Waals surface area contributed by atoms with E-state index in [9.17, 15) is 9.90 Å². The van der Waals surface area contributed by atoms with Crippen molar-refractivity contribution in [2.75, 3.05) is 5.32 Å². The van der Waals surface area contributed by atoms with Crippen molar-refractivity contribution < 1.29 is 9.90 Å². The van der Waals surface area contributed by atoms with Crippen LogP contribution in [0.15, 0.2) is 36.7 Å². The molecular formula is C23H26N6O2. The second-order valence-electron chi connectivity index (χ2n) is 8.32. The summed E-state index contributed by atoms with van der Waals surface area (Å²) in [6.07, 6.45) is 5.89. The minimum absolute atomic E-state index is 0.0315. The molecule has 0 unspecified atom stereocenters. The Kier molecular flexibility index (Phi) is 5.87. The third-order valence-electron chi connectivity index (χ3n) is 5.47. The van der Waals surface area contributed by atoms with E-state index in [0.29, 0.717) is 28.9 Å². The molecule has 31 heavy (non-hydrogen) atoms. The topological polar surface area (TPSA) is 115 Å². The highest BCUT2D eigenvalue weighted by Crippen LogP contribution is 2.26. The van der Waals surface area contributed by atoms with E-state index >= 15 is 0 Å². The molecule has 0 spiro atoms. The number of carbonyl (C=O) groups is 1. The van der Waals surface area contributed by atoms with Gasteiger partial charge >= 0.3 is 0 Å². The first-order valence-electron chi connectivity index (χ1n) is 10.6. The van der Waals surface area contributed by atoms with Gasteiger partial charge in [0.25, 0.3) is 5.91 Å². The van der Waals surface area contributed by atoms with Crippen LogP contribution in [-0.2, 0) is 0 Å². The van der Waals surface area contributed by atoms with E-state index in [4.69, 9.17) is 5.26 Å². The maximum absolute atomic E-state index is 13.0. The average Bonchev–Trinajstić information content (AvgIpc) is 3.16. The number of rotatable bonds is 5. The van der Waals surface area contributed by atoms with Gasteiger partial charge in [0, 0.05) is 18.3 Å². The van der Waals surface area contributed by atoms with E-state index in [0.717, 1.165) is 30.5 Å². The van der Waals surface area contributed by atoms with Crippen molar-refractivity contribution in [3.63, 3.8) is 0 Å². The summed E-state index contributed by atoms with van der Waals surface area (Å²) in [5.74, 6) is -0.196. The number of aliphatic hydroxyl groups excluding tert-OH is 1. The van der Waals surface area contributed by atoms with Crippen molar-refractivity contribution in [3.05, 3.63) is 47.8 Å². The van der Waals surface area contributed by atoms with Crippen LogP contribution in [-0.4, -0.2) is 43.8 Å². The van der Waals surface area contributed by atoms with Gasteiger partial charge in [-0.05, 0) is 63.8 Å². The number of amides is 1. The standard InChI is InChI=1S/C23H26N6O2/c1-14(2)27-20-10-21(22-7-6-17-8-15(11-24)12-26-29(17)22)25-13-19(20)23(31)28-16-4-3-5-18(30)9-16/h6-8,10,12-14,16,18,30H,3-5,9H2,1-2H3,(H,25,27)(H,28,31)/t16-,18-/m0/s1. The highest BCUT2D eigenvalue weighted by Gasteiger charge is 2.24. The monoisotopic (exact) mass is 418 g/mol. The summed E-state index contributed by atoms with van der Waals surface area (Å²) < 4.78 is 1.73. The number of fused-ring (bicyclic) bond motifs is 1. The Bertz CT molecular complexity index is 1150. The molecule has 1 aliphatic carbocycles. The van der Waals surface area contributed by atoms with Gasteiger partial charge in [-0.25, -0.2) is 4.52 Å². The lowest BCUT2D eigenvalue weighted by Crippen LogP contribution is -2.40. The predicted molar refractivity (Wildman–Crippen MR) is 118 cm³/mol. The fraction of sp³-hybridized carbons (Fsp3) is 0.391. The SMILES string of the molecule is CC(C)Nc1cc(-c2ccc3cc(C#N)cnn23)ncc1C(=O)N[C@H]1CCC[C@H](O)C1. The molecule has 8 nitrogen and oxygen atoms in total. The third-order valence-corrected chi connectivity index (χ3v) is 5.47. The molecule has 0 radical (unpaired) electrons. The normalized spacial score (nSPS) is 18.7. The molecule has 1 aliphatic rings. The molecule has 1 fully saturated rings. The van der Waals surface area contributed by atoms with Gasteiger partial charge in [-0.3, -0.25) is 9.78 Å². The van der Waals surface area contributed by atoms with Crippen molar-refractivity contribution >= 4 is 17.1 Å². The number of nitriles is 1. The third kappa shape index (κ3) is 4.52. The van der Waals surface area contributed by atoms with Crippen molar-refractivity contribution in [2.45, 2.75) is 57.7 Å². The second kappa shape index (κ2) is 8.74. The zero-order chi connectivity index (χ0) is 22.0. The highest BCUT2D eigenvalue weighted by atomic mass is 16.3. The average molecular weight is 419 g/mol. The molecule has 2 atom stereocenters. The molecule has 3 heterocycles. The lowest BCUT2D eigenvalue weighted by molar-refractivity contribution is 0.0850. The summed E-state index contributed by atoms with van der Waals surface area (Å²) in [6.45, 7) is 4.02. The molecule has 160 valence electrons. The molecule has 8 heteroatoms. The van der Waals surface area contributed by atoms with Crippen molar-refractivity contribution in [1.29, 1.82) is 5.26 Å². The van der Waals surface area contributed by atoms with Crippen molar-refractivity contribution in [3.8, 4) is 17.5 Å². The van der Waals surface area contributed by atoms with Crippen LogP contribution >= 0.6 is 0 Å². The van der Waals surface area contributed by atoms with Crippen molar-refractivity contribution in [1.82, 2.24) is 19.9 Å².